The second-order valence-corrected chi connectivity index (χ2v) is 7.07. The highest BCUT2D eigenvalue weighted by Gasteiger charge is 2.42. The van der Waals surface area contributed by atoms with Gasteiger partial charge in [0.15, 0.2) is 5.69 Å². The van der Waals surface area contributed by atoms with Crippen LogP contribution in [-0.4, -0.2) is 70.8 Å². The molecule has 1 unspecified atom stereocenters. The smallest absolute Gasteiger partial charge is 0.280 e. The minimum atomic E-state index is -0.552. The summed E-state index contributed by atoms with van der Waals surface area (Å²) in [5, 5.41) is 0.468. The monoisotopic (exact) mass is 388 g/mol. The second-order valence-electron chi connectivity index (χ2n) is 6.64. The summed E-state index contributed by atoms with van der Waals surface area (Å²) in [6, 6.07) is 2.76. The van der Waals surface area contributed by atoms with Crippen molar-refractivity contribution in [2.45, 2.75) is 12.5 Å². The van der Waals surface area contributed by atoms with Crippen LogP contribution < -0.4 is 4.90 Å². The third-order valence-electron chi connectivity index (χ3n) is 4.41. The second kappa shape index (κ2) is 7.98. The quantitative estimate of drug-likeness (QED) is 0.748. The van der Waals surface area contributed by atoms with E-state index in [1.165, 1.54) is 23.5 Å². The van der Waals surface area contributed by atoms with Gasteiger partial charge in [-0.1, -0.05) is 11.6 Å². The van der Waals surface area contributed by atoms with Crippen molar-refractivity contribution < 1.29 is 9.59 Å². The number of rotatable bonds is 6. The van der Waals surface area contributed by atoms with E-state index in [2.05, 4.69) is 15.0 Å². The summed E-state index contributed by atoms with van der Waals surface area (Å²) in [5.41, 5.74) is 0.747. The number of nitrogens with zero attached hydrogens (tertiary/aromatic N) is 6. The summed E-state index contributed by atoms with van der Waals surface area (Å²) in [4.78, 5) is 43.5. The number of aromatic nitrogens is 3. The van der Waals surface area contributed by atoms with Crippen LogP contribution in [0.15, 0.2) is 30.7 Å². The number of pyridine rings is 1. The van der Waals surface area contributed by atoms with E-state index in [1.54, 1.807) is 24.1 Å². The van der Waals surface area contributed by atoms with Gasteiger partial charge in [-0.2, -0.15) is 0 Å². The Morgan fingerprint density at radius 3 is 2.56 bits per heavy atom. The van der Waals surface area contributed by atoms with Gasteiger partial charge in [-0.05, 0) is 26.2 Å². The van der Waals surface area contributed by atoms with Gasteiger partial charge in [0.1, 0.15) is 5.82 Å². The Kier molecular flexibility index (Phi) is 5.67. The summed E-state index contributed by atoms with van der Waals surface area (Å²) in [6.45, 7) is 1.35. The number of fused-ring (bicyclic) bond motifs is 1. The predicted octanol–water partition coefficient (Wildman–Crippen LogP) is 1.64. The molecule has 0 spiro atoms. The van der Waals surface area contributed by atoms with E-state index < -0.39 is 6.04 Å². The van der Waals surface area contributed by atoms with Crippen molar-refractivity contribution >= 4 is 29.2 Å². The molecule has 0 fully saturated rings. The summed E-state index contributed by atoms with van der Waals surface area (Å²) in [5.74, 6) is 0.0201. The third kappa shape index (κ3) is 4.06. The molecule has 0 bridgehead atoms. The molecule has 0 aromatic carbocycles. The molecule has 9 heteroatoms. The molecule has 2 aromatic rings. The zero-order valence-electron chi connectivity index (χ0n) is 15.5. The zero-order chi connectivity index (χ0) is 19.6. The van der Waals surface area contributed by atoms with Crippen molar-refractivity contribution in [1.29, 1.82) is 0 Å². The number of halogens is 1. The van der Waals surface area contributed by atoms with Crippen LogP contribution >= 0.6 is 11.6 Å². The summed E-state index contributed by atoms with van der Waals surface area (Å²) in [7, 11) is 5.66. The molecule has 1 atom stereocenters. The lowest BCUT2D eigenvalue weighted by molar-refractivity contribution is -0.130. The van der Waals surface area contributed by atoms with E-state index >= 15 is 0 Å². The number of hydrogen-bond acceptors (Lipinski definition) is 6. The molecular formula is C18H21ClN6O2. The first-order valence-corrected chi connectivity index (χ1v) is 8.91. The van der Waals surface area contributed by atoms with Crippen molar-refractivity contribution in [2.75, 3.05) is 39.1 Å². The number of hydrogen-bond donors (Lipinski definition) is 0. The SMILES string of the molecule is CN(C)CCN(C)C(=O)CC1c2nccnc2C(=O)N1c1ccc(Cl)cn1. The van der Waals surface area contributed by atoms with Crippen molar-refractivity contribution in [3.8, 4) is 0 Å². The van der Waals surface area contributed by atoms with Crippen LogP contribution in [0.1, 0.15) is 28.6 Å². The Morgan fingerprint density at radius 1 is 1.15 bits per heavy atom. The lowest BCUT2D eigenvalue weighted by Gasteiger charge is -2.26. The minimum absolute atomic E-state index is 0.0767. The molecule has 3 rings (SSSR count). The number of carbonyl (C=O) groups is 2. The van der Waals surface area contributed by atoms with E-state index in [0.29, 0.717) is 23.1 Å². The lowest BCUT2D eigenvalue weighted by atomic mass is 10.1. The number of anilines is 1. The van der Waals surface area contributed by atoms with Crippen molar-refractivity contribution in [3.05, 3.63) is 47.1 Å². The summed E-state index contributed by atoms with van der Waals surface area (Å²) in [6.07, 6.45) is 4.57. The molecule has 0 radical (unpaired) electrons. The highest BCUT2D eigenvalue weighted by atomic mass is 35.5. The van der Waals surface area contributed by atoms with Gasteiger partial charge in [-0.25, -0.2) is 9.97 Å². The Hall–Kier alpha value is -2.58. The van der Waals surface area contributed by atoms with Gasteiger partial charge in [0.2, 0.25) is 5.91 Å². The van der Waals surface area contributed by atoms with Crippen molar-refractivity contribution in [2.24, 2.45) is 0 Å². The highest BCUT2D eigenvalue weighted by Crippen LogP contribution is 2.36. The van der Waals surface area contributed by atoms with Crippen LogP contribution in [0.4, 0.5) is 5.82 Å². The van der Waals surface area contributed by atoms with Crippen molar-refractivity contribution in [1.82, 2.24) is 24.8 Å². The standard InChI is InChI=1S/C18H21ClN6O2/c1-23(2)8-9-24(3)15(26)10-13-16-17(21-7-6-20-16)18(27)25(13)14-5-4-12(19)11-22-14/h4-7,11,13H,8-10H2,1-3H3. The molecule has 2 aromatic heterocycles. The third-order valence-corrected chi connectivity index (χ3v) is 4.63. The van der Waals surface area contributed by atoms with E-state index in [4.69, 9.17) is 11.6 Å². The fourth-order valence-corrected chi connectivity index (χ4v) is 3.01. The maximum Gasteiger partial charge on any atom is 0.280 e. The molecule has 27 heavy (non-hydrogen) atoms. The normalized spacial score (nSPS) is 16.0. The molecule has 1 aliphatic rings. The van der Waals surface area contributed by atoms with Crippen LogP contribution in [-0.2, 0) is 4.79 Å². The molecular weight excluding hydrogens is 368 g/mol. The molecule has 8 nitrogen and oxygen atoms in total. The first-order chi connectivity index (χ1) is 12.9. The highest BCUT2D eigenvalue weighted by molar-refractivity contribution is 6.30. The predicted molar refractivity (Wildman–Crippen MR) is 102 cm³/mol. The van der Waals surface area contributed by atoms with E-state index in [-0.39, 0.29) is 23.9 Å². The summed E-state index contributed by atoms with van der Waals surface area (Å²) >= 11 is 5.91. The van der Waals surface area contributed by atoms with Crippen LogP contribution in [0.25, 0.3) is 0 Å². The number of carbonyl (C=O) groups excluding carboxylic acids is 2. The Balaban J connectivity index is 1.88. The first kappa shape index (κ1) is 19.2. The fraction of sp³-hybridized carbons (Fsp3) is 0.389. The molecule has 0 saturated heterocycles. The Bertz CT molecular complexity index is 842. The van der Waals surface area contributed by atoms with Gasteiger partial charge in [0.25, 0.3) is 5.91 Å². The molecule has 3 heterocycles. The van der Waals surface area contributed by atoms with Gasteiger partial charge in [0.05, 0.1) is 23.2 Å². The topological polar surface area (TPSA) is 82.5 Å². The largest absolute Gasteiger partial charge is 0.344 e. The molecule has 0 aliphatic carbocycles. The van der Waals surface area contributed by atoms with Gasteiger partial charge < -0.3 is 9.80 Å². The van der Waals surface area contributed by atoms with Crippen LogP contribution in [0.2, 0.25) is 5.02 Å². The number of amides is 2. The Labute approximate surface area is 162 Å². The van der Waals surface area contributed by atoms with E-state index in [9.17, 15) is 9.59 Å². The van der Waals surface area contributed by atoms with Crippen LogP contribution in [0.3, 0.4) is 0 Å². The van der Waals surface area contributed by atoms with Crippen LogP contribution in [0.5, 0.6) is 0 Å². The molecule has 2 amide bonds. The number of likely N-dealkylation sites (N-methyl/N-ethyl adjacent to an activating group) is 2. The average molecular weight is 389 g/mol. The molecule has 1 aliphatic heterocycles. The van der Waals surface area contributed by atoms with Gasteiger partial charge in [-0.15, -0.1) is 0 Å². The van der Waals surface area contributed by atoms with E-state index in [0.717, 1.165) is 6.54 Å². The minimum Gasteiger partial charge on any atom is -0.344 e. The van der Waals surface area contributed by atoms with Gasteiger partial charge >= 0.3 is 0 Å². The maximum absolute atomic E-state index is 12.9. The average Bonchev–Trinajstić information content (AvgIpc) is 2.93. The van der Waals surface area contributed by atoms with Gasteiger partial charge in [0, 0.05) is 38.7 Å². The van der Waals surface area contributed by atoms with E-state index in [1.807, 2.05) is 19.0 Å². The summed E-state index contributed by atoms with van der Waals surface area (Å²) < 4.78 is 0. The van der Waals surface area contributed by atoms with Crippen molar-refractivity contribution in [3.63, 3.8) is 0 Å². The maximum atomic E-state index is 12.9. The molecule has 0 saturated carbocycles. The fourth-order valence-electron chi connectivity index (χ4n) is 2.89. The molecule has 142 valence electrons. The van der Waals surface area contributed by atoms with Crippen LogP contribution in [0, 0.1) is 0 Å². The first-order valence-electron chi connectivity index (χ1n) is 8.53. The molecule has 0 N–H and O–H groups in total. The van der Waals surface area contributed by atoms with Gasteiger partial charge in [-0.3, -0.25) is 19.5 Å². The Morgan fingerprint density at radius 2 is 1.89 bits per heavy atom. The zero-order valence-corrected chi connectivity index (χ0v) is 16.2. The lowest BCUT2D eigenvalue weighted by Crippen LogP contribution is -2.37.